The second-order valence-corrected chi connectivity index (χ2v) is 11.3. The summed E-state index contributed by atoms with van der Waals surface area (Å²) >= 11 is 0. The average molecular weight is 430 g/mol. The van der Waals surface area contributed by atoms with Gasteiger partial charge in [-0.05, 0) is 36.5 Å². The molecule has 0 aliphatic heterocycles. The van der Waals surface area contributed by atoms with E-state index in [1.807, 2.05) is 0 Å². The summed E-state index contributed by atoms with van der Waals surface area (Å²) in [6.07, 6.45) is 9.85. The standard InChI is InChI=1S/C20H35N3O5S/c1-19(2,3)20(10-6-5-7-11-20)12-8-9-15(13-17(24)25)18-22-16(23-28-18)14-21-29(4,26)27/h15,21H,5-14H2,1-4H3,(H,24,25). The van der Waals surface area contributed by atoms with Crippen molar-refractivity contribution in [1.29, 1.82) is 0 Å². The zero-order valence-electron chi connectivity index (χ0n) is 18.0. The molecule has 0 bridgehead atoms. The number of carbonyl (C=O) groups is 1. The first-order valence-electron chi connectivity index (χ1n) is 10.4. The van der Waals surface area contributed by atoms with Crippen molar-refractivity contribution in [2.45, 2.75) is 91.0 Å². The number of aliphatic carboxylic acids is 1. The van der Waals surface area contributed by atoms with Crippen LogP contribution in [0.2, 0.25) is 0 Å². The highest BCUT2D eigenvalue weighted by Crippen LogP contribution is 2.53. The lowest BCUT2D eigenvalue weighted by atomic mass is 9.57. The number of rotatable bonds is 10. The maximum absolute atomic E-state index is 11.4. The van der Waals surface area contributed by atoms with Crippen LogP contribution in [0.5, 0.6) is 0 Å². The Morgan fingerprint density at radius 3 is 2.48 bits per heavy atom. The molecule has 1 unspecified atom stereocenters. The molecule has 0 radical (unpaired) electrons. The maximum Gasteiger partial charge on any atom is 0.304 e. The Bertz CT molecular complexity index is 776. The largest absolute Gasteiger partial charge is 0.481 e. The normalized spacial score (nSPS) is 18.5. The molecule has 1 aliphatic carbocycles. The number of sulfonamides is 1. The monoisotopic (exact) mass is 429 g/mol. The maximum atomic E-state index is 11.4. The number of carboxylic acid groups (broad SMARTS) is 1. The van der Waals surface area contributed by atoms with Crippen LogP contribution in [0, 0.1) is 10.8 Å². The third-order valence-electron chi connectivity index (χ3n) is 6.36. The Kier molecular flexibility index (Phi) is 7.84. The van der Waals surface area contributed by atoms with Crippen molar-refractivity contribution in [2.75, 3.05) is 6.26 Å². The first kappa shape index (κ1) is 23.8. The van der Waals surface area contributed by atoms with Crippen LogP contribution >= 0.6 is 0 Å². The fourth-order valence-corrected chi connectivity index (χ4v) is 4.91. The van der Waals surface area contributed by atoms with Crippen LogP contribution in [0.25, 0.3) is 0 Å². The average Bonchev–Trinajstić information content (AvgIpc) is 3.07. The molecule has 9 heteroatoms. The van der Waals surface area contributed by atoms with E-state index in [4.69, 9.17) is 4.52 Å². The number of nitrogens with zero attached hydrogens (tertiary/aromatic N) is 2. The van der Waals surface area contributed by atoms with Crippen molar-refractivity contribution >= 4 is 16.0 Å². The summed E-state index contributed by atoms with van der Waals surface area (Å²) in [5.41, 5.74) is 0.503. The lowest BCUT2D eigenvalue weighted by Crippen LogP contribution is -2.37. The highest BCUT2D eigenvalue weighted by atomic mass is 32.2. The number of carboxylic acids is 1. The minimum atomic E-state index is -3.37. The van der Waals surface area contributed by atoms with Gasteiger partial charge in [-0.25, -0.2) is 13.1 Å². The van der Waals surface area contributed by atoms with Crippen molar-refractivity contribution in [3.8, 4) is 0 Å². The molecule has 1 aromatic rings. The lowest BCUT2D eigenvalue weighted by molar-refractivity contribution is -0.137. The van der Waals surface area contributed by atoms with E-state index in [1.54, 1.807) is 0 Å². The summed E-state index contributed by atoms with van der Waals surface area (Å²) in [7, 11) is -3.37. The molecule has 1 saturated carbocycles. The van der Waals surface area contributed by atoms with Crippen molar-refractivity contribution in [2.24, 2.45) is 10.8 Å². The SMILES string of the molecule is CC(C)(C)C1(CCCC(CC(=O)O)c2nc(CNS(C)(=O)=O)no2)CCCCC1. The van der Waals surface area contributed by atoms with Gasteiger partial charge in [-0.3, -0.25) is 4.79 Å². The molecule has 0 saturated heterocycles. The van der Waals surface area contributed by atoms with E-state index in [-0.39, 0.29) is 36.0 Å². The molecular formula is C20H35N3O5S. The Labute approximate surface area is 173 Å². The van der Waals surface area contributed by atoms with E-state index in [9.17, 15) is 18.3 Å². The molecular weight excluding hydrogens is 394 g/mol. The lowest BCUT2D eigenvalue weighted by Gasteiger charge is -2.48. The number of hydrogen-bond donors (Lipinski definition) is 2. The summed E-state index contributed by atoms with van der Waals surface area (Å²) in [5, 5.41) is 13.1. The van der Waals surface area contributed by atoms with E-state index in [1.165, 1.54) is 32.1 Å². The molecule has 2 N–H and O–H groups in total. The van der Waals surface area contributed by atoms with Crippen molar-refractivity contribution in [3.05, 3.63) is 11.7 Å². The van der Waals surface area contributed by atoms with Crippen LogP contribution < -0.4 is 4.72 Å². The van der Waals surface area contributed by atoms with Gasteiger partial charge in [-0.1, -0.05) is 51.6 Å². The molecule has 1 heterocycles. The highest BCUT2D eigenvalue weighted by Gasteiger charge is 2.41. The molecule has 1 aliphatic rings. The first-order valence-corrected chi connectivity index (χ1v) is 12.3. The Morgan fingerprint density at radius 1 is 1.28 bits per heavy atom. The summed E-state index contributed by atoms with van der Waals surface area (Å²) < 4.78 is 30.0. The van der Waals surface area contributed by atoms with Crippen LogP contribution in [0.15, 0.2) is 4.52 Å². The Morgan fingerprint density at radius 2 is 1.93 bits per heavy atom. The predicted molar refractivity (Wildman–Crippen MR) is 110 cm³/mol. The molecule has 0 aromatic carbocycles. The molecule has 1 aromatic heterocycles. The van der Waals surface area contributed by atoms with Crippen molar-refractivity contribution in [1.82, 2.24) is 14.9 Å². The second-order valence-electron chi connectivity index (χ2n) is 9.42. The fourth-order valence-electron chi connectivity index (χ4n) is 4.51. The van der Waals surface area contributed by atoms with Gasteiger partial charge in [-0.15, -0.1) is 0 Å². The third-order valence-corrected chi connectivity index (χ3v) is 7.02. The summed E-state index contributed by atoms with van der Waals surface area (Å²) in [6.45, 7) is 6.86. The highest BCUT2D eigenvalue weighted by molar-refractivity contribution is 7.88. The third kappa shape index (κ3) is 7.06. The Hall–Kier alpha value is -1.48. The van der Waals surface area contributed by atoms with Gasteiger partial charge in [0.2, 0.25) is 15.9 Å². The van der Waals surface area contributed by atoms with E-state index < -0.39 is 16.0 Å². The zero-order chi connectivity index (χ0) is 21.7. The second kappa shape index (κ2) is 9.55. The van der Waals surface area contributed by atoms with Crippen LogP contribution in [0.4, 0.5) is 0 Å². The van der Waals surface area contributed by atoms with Gasteiger partial charge >= 0.3 is 5.97 Å². The van der Waals surface area contributed by atoms with Gasteiger partial charge in [0.15, 0.2) is 5.82 Å². The van der Waals surface area contributed by atoms with Crippen LogP contribution in [-0.2, 0) is 21.4 Å². The van der Waals surface area contributed by atoms with Gasteiger partial charge in [0.25, 0.3) is 0 Å². The summed E-state index contributed by atoms with van der Waals surface area (Å²) in [4.78, 5) is 15.6. The Balaban J connectivity index is 2.03. The van der Waals surface area contributed by atoms with Crippen LogP contribution in [0.1, 0.15) is 96.2 Å². The summed E-state index contributed by atoms with van der Waals surface area (Å²) in [6, 6.07) is 0. The van der Waals surface area contributed by atoms with Gasteiger partial charge < -0.3 is 9.63 Å². The molecule has 8 nitrogen and oxygen atoms in total. The topological polar surface area (TPSA) is 122 Å². The molecule has 2 rings (SSSR count). The van der Waals surface area contributed by atoms with E-state index in [2.05, 4.69) is 35.6 Å². The van der Waals surface area contributed by atoms with E-state index in [0.29, 0.717) is 11.8 Å². The molecule has 0 amide bonds. The van der Waals surface area contributed by atoms with E-state index in [0.717, 1.165) is 19.1 Å². The van der Waals surface area contributed by atoms with Crippen molar-refractivity contribution < 1.29 is 22.8 Å². The summed E-state index contributed by atoms with van der Waals surface area (Å²) in [5.74, 6) is -0.801. The molecule has 0 spiro atoms. The quantitative estimate of drug-likeness (QED) is 0.579. The smallest absolute Gasteiger partial charge is 0.304 e. The van der Waals surface area contributed by atoms with Gasteiger partial charge in [0.1, 0.15) is 0 Å². The van der Waals surface area contributed by atoms with Crippen LogP contribution in [-0.4, -0.2) is 35.9 Å². The van der Waals surface area contributed by atoms with Gasteiger partial charge in [-0.2, -0.15) is 4.98 Å². The van der Waals surface area contributed by atoms with Crippen molar-refractivity contribution in [3.63, 3.8) is 0 Å². The fraction of sp³-hybridized carbons (Fsp3) is 0.850. The first-order chi connectivity index (χ1) is 13.4. The van der Waals surface area contributed by atoms with Gasteiger partial charge in [0, 0.05) is 5.92 Å². The molecule has 1 fully saturated rings. The zero-order valence-corrected chi connectivity index (χ0v) is 18.8. The van der Waals surface area contributed by atoms with Crippen LogP contribution in [0.3, 0.4) is 0 Å². The number of aromatic nitrogens is 2. The van der Waals surface area contributed by atoms with Gasteiger partial charge in [0.05, 0.1) is 19.2 Å². The predicted octanol–water partition coefficient (Wildman–Crippen LogP) is 3.84. The molecule has 1 atom stereocenters. The number of hydrogen-bond acceptors (Lipinski definition) is 6. The minimum absolute atomic E-state index is 0.0741. The number of nitrogens with one attached hydrogen (secondary N) is 1. The minimum Gasteiger partial charge on any atom is -0.481 e. The molecule has 29 heavy (non-hydrogen) atoms. The molecule has 166 valence electrons. The van der Waals surface area contributed by atoms with E-state index >= 15 is 0 Å².